The molecule has 17 heavy (non-hydrogen) atoms. The second kappa shape index (κ2) is 4.82. The van der Waals surface area contributed by atoms with Crippen molar-refractivity contribution < 1.29 is 9.13 Å². The number of benzene rings is 1. The minimum Gasteiger partial charge on any atom is -0.439 e. The number of pyridine rings is 1. The van der Waals surface area contributed by atoms with Crippen LogP contribution in [-0.4, -0.2) is 19.1 Å². The molecule has 3 nitrogen and oxygen atoms in total. The van der Waals surface area contributed by atoms with Crippen LogP contribution in [0.5, 0.6) is 11.6 Å². The highest BCUT2D eigenvalue weighted by molar-refractivity contribution is 5.49. The van der Waals surface area contributed by atoms with E-state index in [-0.39, 0.29) is 5.88 Å². The van der Waals surface area contributed by atoms with Gasteiger partial charge >= 0.3 is 0 Å². The van der Waals surface area contributed by atoms with Crippen LogP contribution in [0.3, 0.4) is 0 Å². The minimum absolute atomic E-state index is 0.251. The molecule has 1 heterocycles. The molecule has 0 N–H and O–H groups in total. The molecule has 0 amide bonds. The summed E-state index contributed by atoms with van der Waals surface area (Å²) in [5.74, 6) is 0.335. The summed E-state index contributed by atoms with van der Waals surface area (Å²) >= 11 is 0. The zero-order valence-electron chi connectivity index (χ0n) is 9.72. The average molecular weight is 232 g/mol. The summed E-state index contributed by atoms with van der Waals surface area (Å²) < 4.78 is 18.4. The predicted octanol–water partition coefficient (Wildman–Crippen LogP) is 3.08. The summed E-state index contributed by atoms with van der Waals surface area (Å²) in [6.45, 7) is 0. The van der Waals surface area contributed by atoms with Gasteiger partial charge < -0.3 is 9.64 Å². The van der Waals surface area contributed by atoms with E-state index in [1.54, 1.807) is 18.2 Å². The van der Waals surface area contributed by atoms with E-state index < -0.39 is 5.95 Å². The lowest BCUT2D eigenvalue weighted by molar-refractivity contribution is 0.445. The molecule has 1 aromatic carbocycles. The van der Waals surface area contributed by atoms with Gasteiger partial charge in [0.1, 0.15) is 5.75 Å². The fourth-order valence-electron chi connectivity index (χ4n) is 1.39. The van der Waals surface area contributed by atoms with E-state index in [0.29, 0.717) is 5.75 Å². The Hall–Kier alpha value is -2.10. The topological polar surface area (TPSA) is 25.4 Å². The first-order valence-electron chi connectivity index (χ1n) is 5.23. The van der Waals surface area contributed by atoms with Crippen LogP contribution in [0.4, 0.5) is 10.1 Å². The van der Waals surface area contributed by atoms with Gasteiger partial charge in [0, 0.05) is 31.9 Å². The Labute approximate surface area is 99.5 Å². The maximum atomic E-state index is 12.9. The van der Waals surface area contributed by atoms with Crippen LogP contribution in [-0.2, 0) is 0 Å². The van der Waals surface area contributed by atoms with E-state index >= 15 is 0 Å². The van der Waals surface area contributed by atoms with E-state index in [1.165, 1.54) is 6.07 Å². The number of hydrogen-bond acceptors (Lipinski definition) is 3. The third-order valence-corrected chi connectivity index (χ3v) is 2.25. The Bertz CT molecular complexity index is 514. The van der Waals surface area contributed by atoms with E-state index in [2.05, 4.69) is 4.98 Å². The number of aromatic nitrogens is 1. The molecule has 0 spiro atoms. The lowest BCUT2D eigenvalue weighted by Gasteiger charge is -2.13. The van der Waals surface area contributed by atoms with E-state index in [1.807, 2.05) is 37.2 Å². The molecule has 0 atom stereocenters. The van der Waals surface area contributed by atoms with Crippen molar-refractivity contribution >= 4 is 5.69 Å². The molecule has 0 aliphatic heterocycles. The average Bonchev–Trinajstić information content (AvgIpc) is 2.29. The van der Waals surface area contributed by atoms with Gasteiger partial charge in [-0.2, -0.15) is 9.37 Å². The maximum absolute atomic E-state index is 12.9. The first-order valence-corrected chi connectivity index (χ1v) is 5.23. The number of halogens is 1. The van der Waals surface area contributed by atoms with Crippen molar-refractivity contribution in [3.05, 3.63) is 48.4 Å². The van der Waals surface area contributed by atoms with Crippen molar-refractivity contribution in [2.24, 2.45) is 0 Å². The van der Waals surface area contributed by atoms with Crippen molar-refractivity contribution in [3.8, 4) is 11.6 Å². The fraction of sp³-hybridized carbons (Fsp3) is 0.154. The fourth-order valence-corrected chi connectivity index (χ4v) is 1.39. The van der Waals surface area contributed by atoms with Crippen molar-refractivity contribution in [2.75, 3.05) is 19.0 Å². The van der Waals surface area contributed by atoms with Crippen molar-refractivity contribution in [1.82, 2.24) is 4.98 Å². The van der Waals surface area contributed by atoms with Gasteiger partial charge in [-0.3, -0.25) is 0 Å². The second-order valence-corrected chi connectivity index (χ2v) is 3.79. The third-order valence-electron chi connectivity index (χ3n) is 2.25. The zero-order chi connectivity index (χ0) is 12.3. The van der Waals surface area contributed by atoms with Gasteiger partial charge in [0.25, 0.3) is 0 Å². The molecular weight excluding hydrogens is 219 g/mol. The normalized spacial score (nSPS) is 10.1. The van der Waals surface area contributed by atoms with Crippen molar-refractivity contribution in [2.45, 2.75) is 0 Å². The molecule has 0 saturated carbocycles. The molecule has 0 aliphatic rings. The number of rotatable bonds is 3. The van der Waals surface area contributed by atoms with Gasteiger partial charge in [-0.15, -0.1) is 0 Å². The standard InChI is InChI=1S/C13H13FN2O/c1-16(2)10-5-3-6-11(9-10)17-13-8-4-7-12(14)15-13/h3-9H,1-2H3. The van der Waals surface area contributed by atoms with Gasteiger partial charge in [-0.1, -0.05) is 12.1 Å². The second-order valence-electron chi connectivity index (χ2n) is 3.79. The number of ether oxygens (including phenoxy) is 1. The van der Waals surface area contributed by atoms with Gasteiger partial charge in [-0.05, 0) is 18.2 Å². The summed E-state index contributed by atoms with van der Waals surface area (Å²) in [5, 5.41) is 0. The summed E-state index contributed by atoms with van der Waals surface area (Å²) in [6.07, 6.45) is 0. The molecule has 2 rings (SSSR count). The van der Waals surface area contributed by atoms with Crippen LogP contribution in [0.15, 0.2) is 42.5 Å². The van der Waals surface area contributed by atoms with Gasteiger partial charge in [0.2, 0.25) is 11.8 Å². The van der Waals surface area contributed by atoms with Crippen LogP contribution in [0.1, 0.15) is 0 Å². The Morgan fingerprint density at radius 3 is 2.59 bits per heavy atom. The summed E-state index contributed by atoms with van der Waals surface area (Å²) in [4.78, 5) is 5.60. The van der Waals surface area contributed by atoms with Crippen molar-refractivity contribution in [1.29, 1.82) is 0 Å². The largest absolute Gasteiger partial charge is 0.439 e. The van der Waals surface area contributed by atoms with Crippen LogP contribution >= 0.6 is 0 Å². The van der Waals surface area contributed by atoms with E-state index in [4.69, 9.17) is 4.74 Å². The highest BCUT2D eigenvalue weighted by atomic mass is 19.1. The first kappa shape index (κ1) is 11.4. The van der Waals surface area contributed by atoms with E-state index in [9.17, 15) is 4.39 Å². The molecule has 0 aliphatic carbocycles. The van der Waals surface area contributed by atoms with Gasteiger partial charge in [0.15, 0.2) is 0 Å². The number of hydrogen-bond donors (Lipinski definition) is 0. The molecule has 0 fully saturated rings. The molecular formula is C13H13FN2O. The van der Waals surface area contributed by atoms with Crippen LogP contribution < -0.4 is 9.64 Å². The van der Waals surface area contributed by atoms with Crippen molar-refractivity contribution in [3.63, 3.8) is 0 Å². The summed E-state index contributed by atoms with van der Waals surface area (Å²) in [6, 6.07) is 12.0. The van der Waals surface area contributed by atoms with Gasteiger partial charge in [-0.25, -0.2) is 0 Å². The highest BCUT2D eigenvalue weighted by Crippen LogP contribution is 2.23. The number of anilines is 1. The smallest absolute Gasteiger partial charge is 0.221 e. The molecule has 4 heteroatoms. The Morgan fingerprint density at radius 2 is 1.88 bits per heavy atom. The summed E-state index contributed by atoms with van der Waals surface area (Å²) in [5.41, 5.74) is 1.01. The SMILES string of the molecule is CN(C)c1cccc(Oc2cccc(F)n2)c1. The van der Waals surface area contributed by atoms with Crippen LogP contribution in [0.2, 0.25) is 0 Å². The molecule has 0 bridgehead atoms. The minimum atomic E-state index is -0.550. The van der Waals surface area contributed by atoms with Crippen LogP contribution in [0, 0.1) is 5.95 Å². The van der Waals surface area contributed by atoms with E-state index in [0.717, 1.165) is 5.69 Å². The molecule has 0 unspecified atom stereocenters. The highest BCUT2D eigenvalue weighted by Gasteiger charge is 2.02. The lowest BCUT2D eigenvalue weighted by Crippen LogP contribution is -2.08. The molecule has 1 aromatic heterocycles. The Balaban J connectivity index is 2.21. The lowest BCUT2D eigenvalue weighted by atomic mass is 10.3. The van der Waals surface area contributed by atoms with Gasteiger partial charge in [0.05, 0.1) is 0 Å². The monoisotopic (exact) mass is 232 g/mol. The summed E-state index contributed by atoms with van der Waals surface area (Å²) in [7, 11) is 3.89. The molecule has 88 valence electrons. The third kappa shape index (κ3) is 2.93. The first-order chi connectivity index (χ1) is 8.15. The Morgan fingerprint density at radius 1 is 1.12 bits per heavy atom. The quantitative estimate of drug-likeness (QED) is 0.760. The number of nitrogens with zero attached hydrogens (tertiary/aromatic N) is 2. The molecule has 0 saturated heterocycles. The zero-order valence-corrected chi connectivity index (χ0v) is 9.72. The molecule has 0 radical (unpaired) electrons. The Kier molecular flexibility index (Phi) is 3.23. The predicted molar refractivity (Wildman–Crippen MR) is 65.0 cm³/mol. The maximum Gasteiger partial charge on any atom is 0.221 e. The molecule has 2 aromatic rings. The van der Waals surface area contributed by atoms with Crippen LogP contribution in [0.25, 0.3) is 0 Å².